The maximum absolute atomic E-state index is 13.0. The van der Waals surface area contributed by atoms with Crippen molar-refractivity contribution < 1.29 is 13.6 Å². The fraction of sp³-hybridized carbons (Fsp3) is 0.364. The lowest BCUT2D eigenvalue weighted by Crippen LogP contribution is -2.27. The van der Waals surface area contributed by atoms with E-state index in [9.17, 15) is 13.6 Å². The zero-order valence-corrected chi connectivity index (χ0v) is 9.93. The zero-order chi connectivity index (χ0) is 11.7. The van der Waals surface area contributed by atoms with E-state index >= 15 is 0 Å². The quantitative estimate of drug-likeness (QED) is 0.851. The summed E-state index contributed by atoms with van der Waals surface area (Å²) in [6.45, 7) is 0. The Balaban J connectivity index is 2.00. The third-order valence-electron chi connectivity index (χ3n) is 2.63. The van der Waals surface area contributed by atoms with E-state index in [0.717, 1.165) is 18.1 Å². The average molecular weight is 290 g/mol. The van der Waals surface area contributed by atoms with E-state index in [-0.39, 0.29) is 23.2 Å². The van der Waals surface area contributed by atoms with E-state index in [0.29, 0.717) is 0 Å². The Hall–Kier alpha value is -0.970. The summed E-state index contributed by atoms with van der Waals surface area (Å²) in [6.07, 6.45) is 0.782. The molecule has 0 unspecified atom stereocenters. The molecule has 0 heterocycles. The molecule has 0 spiro atoms. The van der Waals surface area contributed by atoms with Gasteiger partial charge in [-0.3, -0.25) is 4.79 Å². The minimum atomic E-state index is -0.842. The van der Waals surface area contributed by atoms with Crippen LogP contribution in [-0.4, -0.2) is 17.3 Å². The lowest BCUT2D eigenvalue weighted by molar-refractivity contribution is -0.118. The number of amides is 1. The Kier molecular flexibility index (Phi) is 3.23. The lowest BCUT2D eigenvalue weighted by atomic mass is 10.1. The summed E-state index contributed by atoms with van der Waals surface area (Å²) in [4.78, 5) is 11.1. The second kappa shape index (κ2) is 4.49. The normalized spacial score (nSPS) is 22.9. The van der Waals surface area contributed by atoms with Gasteiger partial charge in [-0.05, 0) is 24.1 Å². The van der Waals surface area contributed by atoms with E-state index in [1.165, 1.54) is 6.07 Å². The summed E-state index contributed by atoms with van der Waals surface area (Å²) >= 11 is 3.05. The Morgan fingerprint density at radius 1 is 1.44 bits per heavy atom. The van der Waals surface area contributed by atoms with Crippen molar-refractivity contribution in [2.24, 2.45) is 0 Å². The van der Waals surface area contributed by atoms with Crippen LogP contribution in [0.25, 0.3) is 0 Å². The summed E-state index contributed by atoms with van der Waals surface area (Å²) in [7, 11) is 0. The van der Waals surface area contributed by atoms with Crippen LogP contribution in [0, 0.1) is 11.6 Å². The standard InChI is InChI=1S/C11H10BrF2NO/c12-5-11(16)15-10-4-7(10)6-1-2-8(13)9(14)3-6/h1-3,7,10H,4-5H2,(H,15,16)/t7-,10+/m0/s1. The minimum absolute atomic E-state index is 0.0508. The molecule has 1 fully saturated rings. The Bertz CT molecular complexity index is 424. The van der Waals surface area contributed by atoms with Gasteiger partial charge >= 0.3 is 0 Å². The van der Waals surface area contributed by atoms with Crippen molar-refractivity contribution >= 4 is 21.8 Å². The molecule has 5 heteroatoms. The number of carbonyl (C=O) groups is 1. The van der Waals surface area contributed by atoms with E-state index in [1.54, 1.807) is 6.07 Å². The maximum Gasteiger partial charge on any atom is 0.230 e. The monoisotopic (exact) mass is 289 g/mol. The van der Waals surface area contributed by atoms with E-state index in [2.05, 4.69) is 21.2 Å². The first kappa shape index (κ1) is 11.5. The molecule has 1 aromatic rings. The fourth-order valence-electron chi connectivity index (χ4n) is 1.71. The van der Waals surface area contributed by atoms with Crippen molar-refractivity contribution in [3.63, 3.8) is 0 Å². The van der Waals surface area contributed by atoms with Gasteiger partial charge in [0.05, 0.1) is 5.33 Å². The Labute approximate surface area is 100 Å². The highest BCUT2D eigenvalue weighted by Gasteiger charge is 2.39. The van der Waals surface area contributed by atoms with Gasteiger partial charge in [-0.2, -0.15) is 0 Å². The molecule has 1 saturated carbocycles. The molecule has 2 nitrogen and oxygen atoms in total. The first-order chi connectivity index (χ1) is 7.61. The molecule has 0 radical (unpaired) electrons. The molecule has 2 rings (SSSR count). The highest BCUT2D eigenvalue weighted by Crippen LogP contribution is 2.41. The summed E-state index contributed by atoms with van der Waals surface area (Å²) < 4.78 is 25.6. The van der Waals surface area contributed by atoms with Crippen molar-refractivity contribution in [2.45, 2.75) is 18.4 Å². The number of halogens is 3. The molecule has 86 valence electrons. The van der Waals surface area contributed by atoms with Crippen LogP contribution in [0.15, 0.2) is 18.2 Å². The van der Waals surface area contributed by atoms with Gasteiger partial charge in [0.2, 0.25) is 5.91 Å². The maximum atomic E-state index is 13.0. The zero-order valence-electron chi connectivity index (χ0n) is 8.34. The van der Waals surface area contributed by atoms with Crippen LogP contribution >= 0.6 is 15.9 Å². The second-order valence-electron chi connectivity index (χ2n) is 3.82. The summed E-state index contributed by atoms with van der Waals surface area (Å²) in [5.41, 5.74) is 0.735. The Morgan fingerprint density at radius 2 is 2.19 bits per heavy atom. The number of hydrogen-bond acceptors (Lipinski definition) is 1. The average Bonchev–Trinajstić information content (AvgIpc) is 3.01. The van der Waals surface area contributed by atoms with Crippen LogP contribution < -0.4 is 5.32 Å². The number of hydrogen-bond donors (Lipinski definition) is 1. The van der Waals surface area contributed by atoms with Crippen LogP contribution in [0.1, 0.15) is 17.9 Å². The SMILES string of the molecule is O=C(CBr)N[C@@H]1C[C@H]1c1ccc(F)c(F)c1. The molecular formula is C11H10BrF2NO. The van der Waals surface area contributed by atoms with Crippen molar-refractivity contribution in [3.8, 4) is 0 Å². The predicted octanol–water partition coefficient (Wildman–Crippen LogP) is 2.33. The van der Waals surface area contributed by atoms with Gasteiger partial charge in [-0.15, -0.1) is 0 Å². The number of benzene rings is 1. The van der Waals surface area contributed by atoms with Gasteiger partial charge < -0.3 is 5.32 Å². The molecule has 1 aliphatic rings. The first-order valence-corrected chi connectivity index (χ1v) is 6.04. The van der Waals surface area contributed by atoms with Gasteiger partial charge in [0.25, 0.3) is 0 Å². The highest BCUT2D eigenvalue weighted by atomic mass is 79.9. The van der Waals surface area contributed by atoms with Gasteiger partial charge in [-0.25, -0.2) is 8.78 Å². The summed E-state index contributed by atoms with van der Waals surface area (Å²) in [5.74, 6) is -1.66. The minimum Gasteiger partial charge on any atom is -0.352 e. The molecule has 0 saturated heterocycles. The van der Waals surface area contributed by atoms with Crippen LogP contribution in [0.5, 0.6) is 0 Å². The van der Waals surface area contributed by atoms with E-state index in [1.807, 2.05) is 0 Å². The molecule has 0 aliphatic heterocycles. The fourth-order valence-corrected chi connectivity index (χ4v) is 1.87. The van der Waals surface area contributed by atoms with Gasteiger partial charge in [-0.1, -0.05) is 22.0 Å². The topological polar surface area (TPSA) is 29.1 Å². The molecular weight excluding hydrogens is 280 g/mol. The summed E-state index contributed by atoms with van der Waals surface area (Å²) in [6, 6.07) is 3.92. The van der Waals surface area contributed by atoms with Crippen LogP contribution in [-0.2, 0) is 4.79 Å². The lowest BCUT2D eigenvalue weighted by Gasteiger charge is -2.03. The van der Waals surface area contributed by atoms with Crippen molar-refractivity contribution in [2.75, 3.05) is 5.33 Å². The van der Waals surface area contributed by atoms with Gasteiger partial charge in [0.1, 0.15) is 0 Å². The molecule has 0 aromatic heterocycles. The molecule has 1 N–H and O–H groups in total. The second-order valence-corrected chi connectivity index (χ2v) is 4.38. The number of nitrogens with one attached hydrogen (secondary N) is 1. The highest BCUT2D eigenvalue weighted by molar-refractivity contribution is 9.09. The first-order valence-electron chi connectivity index (χ1n) is 4.92. The van der Waals surface area contributed by atoms with Crippen LogP contribution in [0.2, 0.25) is 0 Å². The van der Waals surface area contributed by atoms with Crippen LogP contribution in [0.4, 0.5) is 8.78 Å². The largest absolute Gasteiger partial charge is 0.352 e. The molecule has 1 aromatic carbocycles. The third kappa shape index (κ3) is 2.40. The number of rotatable bonds is 3. The Morgan fingerprint density at radius 3 is 2.81 bits per heavy atom. The predicted molar refractivity (Wildman–Crippen MR) is 59.4 cm³/mol. The molecule has 2 atom stereocenters. The van der Waals surface area contributed by atoms with Gasteiger partial charge in [0.15, 0.2) is 11.6 Å². The van der Waals surface area contributed by atoms with E-state index in [4.69, 9.17) is 0 Å². The van der Waals surface area contributed by atoms with Crippen molar-refractivity contribution in [1.82, 2.24) is 5.32 Å². The molecule has 16 heavy (non-hydrogen) atoms. The van der Waals surface area contributed by atoms with Crippen molar-refractivity contribution in [3.05, 3.63) is 35.4 Å². The van der Waals surface area contributed by atoms with Crippen LogP contribution in [0.3, 0.4) is 0 Å². The van der Waals surface area contributed by atoms with Crippen molar-refractivity contribution in [1.29, 1.82) is 0 Å². The third-order valence-corrected chi connectivity index (χ3v) is 3.14. The summed E-state index contributed by atoms with van der Waals surface area (Å²) in [5, 5.41) is 3.04. The van der Waals surface area contributed by atoms with E-state index < -0.39 is 11.6 Å². The number of alkyl halides is 1. The smallest absolute Gasteiger partial charge is 0.230 e. The molecule has 1 aliphatic carbocycles. The molecule has 0 bridgehead atoms. The molecule has 1 amide bonds. The van der Waals surface area contributed by atoms with Gasteiger partial charge in [0, 0.05) is 12.0 Å². The number of carbonyl (C=O) groups excluding carboxylic acids is 1.